The summed E-state index contributed by atoms with van der Waals surface area (Å²) in [6.45, 7) is 0. The third-order valence-electron chi connectivity index (χ3n) is 2.06. The molecular formula is C10H9FN2OS. The predicted octanol–water partition coefficient (Wildman–Crippen LogP) is 2.78. The van der Waals surface area contributed by atoms with Crippen LogP contribution in [0.5, 0.6) is 0 Å². The molecule has 0 saturated carbocycles. The first-order valence-electron chi connectivity index (χ1n) is 4.26. The lowest BCUT2D eigenvalue weighted by Gasteiger charge is -2.02. The summed E-state index contributed by atoms with van der Waals surface area (Å²) in [5.41, 5.74) is 6.41. The van der Waals surface area contributed by atoms with E-state index in [9.17, 15) is 4.39 Å². The third-order valence-corrected chi connectivity index (χ3v) is 2.79. The standard InChI is InChI=1S/C10H9FN2OS/c1-15-6-2-3-7(9(11)4-6)8-5-13-14-10(8)12/h2-5H,12H2,1H3. The van der Waals surface area contributed by atoms with Crippen LogP contribution in [0.4, 0.5) is 10.3 Å². The van der Waals surface area contributed by atoms with E-state index in [0.717, 1.165) is 4.90 Å². The highest BCUT2D eigenvalue weighted by molar-refractivity contribution is 7.98. The molecule has 0 bridgehead atoms. The molecule has 0 spiro atoms. The molecule has 1 aromatic heterocycles. The van der Waals surface area contributed by atoms with Gasteiger partial charge in [0.05, 0.1) is 11.8 Å². The van der Waals surface area contributed by atoms with E-state index in [1.807, 2.05) is 12.3 Å². The summed E-state index contributed by atoms with van der Waals surface area (Å²) < 4.78 is 18.3. The van der Waals surface area contributed by atoms with Crippen molar-refractivity contribution in [2.24, 2.45) is 0 Å². The van der Waals surface area contributed by atoms with Crippen LogP contribution in [0.25, 0.3) is 11.1 Å². The Morgan fingerprint density at radius 1 is 1.40 bits per heavy atom. The van der Waals surface area contributed by atoms with Crippen molar-refractivity contribution in [1.82, 2.24) is 5.16 Å². The van der Waals surface area contributed by atoms with Gasteiger partial charge in [0.1, 0.15) is 5.82 Å². The highest BCUT2D eigenvalue weighted by atomic mass is 32.2. The molecule has 3 nitrogen and oxygen atoms in total. The summed E-state index contributed by atoms with van der Waals surface area (Å²) in [6, 6.07) is 4.96. The number of benzene rings is 1. The van der Waals surface area contributed by atoms with Gasteiger partial charge in [0.25, 0.3) is 0 Å². The van der Waals surface area contributed by atoms with E-state index in [0.29, 0.717) is 11.1 Å². The summed E-state index contributed by atoms with van der Waals surface area (Å²) in [7, 11) is 0. The summed E-state index contributed by atoms with van der Waals surface area (Å²) in [6.07, 6.45) is 3.30. The first-order valence-corrected chi connectivity index (χ1v) is 5.49. The number of halogens is 1. The van der Waals surface area contributed by atoms with Crippen molar-refractivity contribution in [1.29, 1.82) is 0 Å². The Balaban J connectivity index is 2.50. The van der Waals surface area contributed by atoms with Crippen LogP contribution in [0.1, 0.15) is 0 Å². The van der Waals surface area contributed by atoms with Crippen LogP contribution in [-0.4, -0.2) is 11.4 Å². The largest absolute Gasteiger partial charge is 0.367 e. The molecule has 0 fully saturated rings. The third kappa shape index (κ3) is 1.83. The second kappa shape index (κ2) is 3.94. The minimum absolute atomic E-state index is 0.130. The summed E-state index contributed by atoms with van der Waals surface area (Å²) in [5, 5.41) is 3.51. The first-order chi connectivity index (χ1) is 7.22. The van der Waals surface area contributed by atoms with Gasteiger partial charge in [-0.05, 0) is 18.4 Å². The van der Waals surface area contributed by atoms with Crippen LogP contribution in [0.15, 0.2) is 33.8 Å². The van der Waals surface area contributed by atoms with Crippen molar-refractivity contribution in [2.45, 2.75) is 4.90 Å². The van der Waals surface area contributed by atoms with Crippen molar-refractivity contribution in [3.05, 3.63) is 30.2 Å². The van der Waals surface area contributed by atoms with Crippen LogP contribution in [0, 0.1) is 5.82 Å². The lowest BCUT2D eigenvalue weighted by molar-refractivity contribution is 0.436. The number of nitrogens with two attached hydrogens (primary N) is 1. The Morgan fingerprint density at radius 3 is 2.73 bits per heavy atom. The summed E-state index contributed by atoms with van der Waals surface area (Å²) in [4.78, 5) is 0.867. The van der Waals surface area contributed by atoms with E-state index in [-0.39, 0.29) is 11.7 Å². The van der Waals surface area contributed by atoms with E-state index in [2.05, 4.69) is 9.68 Å². The molecule has 0 aliphatic carbocycles. The van der Waals surface area contributed by atoms with Gasteiger partial charge in [-0.15, -0.1) is 11.8 Å². The van der Waals surface area contributed by atoms with E-state index >= 15 is 0 Å². The molecular weight excluding hydrogens is 215 g/mol. The van der Waals surface area contributed by atoms with Gasteiger partial charge in [0, 0.05) is 10.5 Å². The molecule has 0 saturated heterocycles. The molecule has 15 heavy (non-hydrogen) atoms. The van der Waals surface area contributed by atoms with E-state index in [1.54, 1.807) is 6.07 Å². The van der Waals surface area contributed by atoms with Gasteiger partial charge in [-0.25, -0.2) is 4.39 Å². The molecule has 78 valence electrons. The zero-order valence-electron chi connectivity index (χ0n) is 8.03. The maximum absolute atomic E-state index is 13.6. The van der Waals surface area contributed by atoms with Gasteiger partial charge < -0.3 is 10.3 Å². The van der Waals surface area contributed by atoms with Crippen molar-refractivity contribution in [3.8, 4) is 11.1 Å². The molecule has 2 N–H and O–H groups in total. The van der Waals surface area contributed by atoms with Crippen molar-refractivity contribution in [3.63, 3.8) is 0 Å². The number of hydrogen-bond donors (Lipinski definition) is 1. The summed E-state index contributed by atoms with van der Waals surface area (Å²) in [5.74, 6) is -0.192. The van der Waals surface area contributed by atoms with E-state index in [1.165, 1.54) is 24.0 Å². The highest BCUT2D eigenvalue weighted by Crippen LogP contribution is 2.30. The summed E-state index contributed by atoms with van der Waals surface area (Å²) >= 11 is 1.48. The van der Waals surface area contributed by atoms with Gasteiger partial charge in [-0.2, -0.15) is 0 Å². The minimum Gasteiger partial charge on any atom is -0.367 e. The highest BCUT2D eigenvalue weighted by Gasteiger charge is 2.11. The Labute approximate surface area is 90.4 Å². The number of nitrogen functional groups attached to an aromatic ring is 1. The Hall–Kier alpha value is -1.49. The van der Waals surface area contributed by atoms with Crippen LogP contribution < -0.4 is 5.73 Å². The quantitative estimate of drug-likeness (QED) is 0.797. The zero-order valence-corrected chi connectivity index (χ0v) is 8.84. The second-order valence-electron chi connectivity index (χ2n) is 2.95. The van der Waals surface area contributed by atoms with E-state index in [4.69, 9.17) is 5.73 Å². The lowest BCUT2D eigenvalue weighted by atomic mass is 10.1. The fourth-order valence-corrected chi connectivity index (χ4v) is 1.72. The number of aromatic nitrogens is 1. The monoisotopic (exact) mass is 224 g/mol. The number of hydrogen-bond acceptors (Lipinski definition) is 4. The molecule has 1 heterocycles. The van der Waals surface area contributed by atoms with Gasteiger partial charge in [0.15, 0.2) is 0 Å². The fourth-order valence-electron chi connectivity index (χ4n) is 1.29. The fraction of sp³-hybridized carbons (Fsp3) is 0.100. The molecule has 0 radical (unpaired) electrons. The van der Waals surface area contributed by atoms with Crippen LogP contribution in [-0.2, 0) is 0 Å². The average Bonchev–Trinajstić information content (AvgIpc) is 2.64. The van der Waals surface area contributed by atoms with Crippen LogP contribution >= 0.6 is 11.8 Å². The smallest absolute Gasteiger partial charge is 0.230 e. The number of nitrogens with zero attached hydrogens (tertiary/aromatic N) is 1. The molecule has 5 heteroatoms. The van der Waals surface area contributed by atoms with Gasteiger partial charge >= 0.3 is 0 Å². The maximum atomic E-state index is 13.6. The van der Waals surface area contributed by atoms with Gasteiger partial charge in [-0.1, -0.05) is 11.2 Å². The molecule has 0 atom stereocenters. The maximum Gasteiger partial charge on any atom is 0.230 e. The van der Waals surface area contributed by atoms with Crippen molar-refractivity contribution in [2.75, 3.05) is 12.0 Å². The van der Waals surface area contributed by atoms with Gasteiger partial charge in [-0.3, -0.25) is 0 Å². The Bertz CT molecular complexity index is 484. The zero-order chi connectivity index (χ0) is 10.8. The van der Waals surface area contributed by atoms with Crippen molar-refractivity contribution < 1.29 is 8.91 Å². The molecule has 2 rings (SSSR count). The topological polar surface area (TPSA) is 52.0 Å². The molecule has 0 unspecified atom stereocenters. The van der Waals surface area contributed by atoms with Crippen LogP contribution in [0.2, 0.25) is 0 Å². The molecule has 0 amide bonds. The van der Waals surface area contributed by atoms with Crippen LogP contribution in [0.3, 0.4) is 0 Å². The van der Waals surface area contributed by atoms with E-state index < -0.39 is 0 Å². The van der Waals surface area contributed by atoms with Crippen molar-refractivity contribution >= 4 is 17.6 Å². The SMILES string of the molecule is CSc1ccc(-c2cnoc2N)c(F)c1. The molecule has 0 aliphatic rings. The molecule has 0 aliphatic heterocycles. The predicted molar refractivity (Wildman–Crippen MR) is 58.1 cm³/mol. The van der Waals surface area contributed by atoms with Gasteiger partial charge in [0.2, 0.25) is 5.88 Å². The Morgan fingerprint density at radius 2 is 2.20 bits per heavy atom. The normalized spacial score (nSPS) is 10.5. The molecule has 1 aromatic carbocycles. The minimum atomic E-state index is -0.322. The number of rotatable bonds is 2. The number of thioether (sulfide) groups is 1. The number of anilines is 1. The molecule has 2 aromatic rings. The first kappa shape index (κ1) is 10.0. The average molecular weight is 224 g/mol. The second-order valence-corrected chi connectivity index (χ2v) is 3.83. The lowest BCUT2D eigenvalue weighted by Crippen LogP contribution is -1.88. The Kier molecular flexibility index (Phi) is 2.64.